The predicted molar refractivity (Wildman–Crippen MR) is 190 cm³/mol. The standard InChI is InChI=1S/C39H73NO7/c1-6-8-10-12-14-15-16-17-18-19-20-21-22-24-25-27-29-37(41)46-34-35(33-45-32-31-36(39(43)44)40(3,4)5)47-38(42)30-28-26-23-13-11-9-7-2/h23,26,35-36H,6-22,24-25,27-34H2,1-5H3/b26-23+. The molecule has 0 aromatic heterocycles. The van der Waals surface area contributed by atoms with Crippen molar-refractivity contribution in [2.45, 2.75) is 180 Å². The Morgan fingerprint density at radius 3 is 1.62 bits per heavy atom. The van der Waals surface area contributed by atoms with E-state index >= 15 is 0 Å². The lowest BCUT2D eigenvalue weighted by atomic mass is 10.0. The summed E-state index contributed by atoms with van der Waals surface area (Å²) in [6.07, 6.45) is 29.8. The molecule has 0 rings (SSSR count). The number of allylic oxidation sites excluding steroid dienone is 2. The zero-order valence-electron chi connectivity index (χ0n) is 31.2. The molecule has 0 aliphatic rings. The second-order valence-corrected chi connectivity index (χ2v) is 14.2. The molecule has 0 N–H and O–H groups in total. The number of unbranched alkanes of at least 4 members (excludes halogenated alkanes) is 18. The Labute approximate surface area is 289 Å². The molecule has 0 spiro atoms. The van der Waals surface area contributed by atoms with Gasteiger partial charge in [-0.3, -0.25) is 9.59 Å². The molecule has 276 valence electrons. The highest BCUT2D eigenvalue weighted by Gasteiger charge is 2.25. The third-order valence-electron chi connectivity index (χ3n) is 8.67. The molecule has 0 bridgehead atoms. The van der Waals surface area contributed by atoms with Crippen LogP contribution < -0.4 is 5.11 Å². The maximum Gasteiger partial charge on any atom is 0.306 e. The molecule has 0 aromatic carbocycles. The Bertz CT molecular complexity index is 793. The summed E-state index contributed by atoms with van der Waals surface area (Å²) in [5, 5.41) is 11.5. The van der Waals surface area contributed by atoms with Crippen LogP contribution in [-0.4, -0.2) is 75.5 Å². The minimum atomic E-state index is -1.13. The zero-order valence-corrected chi connectivity index (χ0v) is 31.2. The molecular formula is C39H73NO7. The molecule has 0 radical (unpaired) electrons. The van der Waals surface area contributed by atoms with E-state index in [-0.39, 0.29) is 49.1 Å². The minimum absolute atomic E-state index is 0.0296. The molecule has 0 amide bonds. The van der Waals surface area contributed by atoms with Gasteiger partial charge in [-0.25, -0.2) is 0 Å². The fourth-order valence-electron chi connectivity index (χ4n) is 5.62. The number of hydrogen-bond donors (Lipinski definition) is 0. The van der Waals surface area contributed by atoms with Gasteiger partial charge in [-0.1, -0.05) is 135 Å². The Kier molecular flexibility index (Phi) is 30.1. The van der Waals surface area contributed by atoms with Crippen LogP contribution in [0.4, 0.5) is 0 Å². The lowest BCUT2D eigenvalue weighted by molar-refractivity contribution is -0.889. The van der Waals surface area contributed by atoms with Gasteiger partial charge in [0.15, 0.2) is 6.10 Å². The average molecular weight is 668 g/mol. The van der Waals surface area contributed by atoms with Gasteiger partial charge in [0.1, 0.15) is 12.6 Å². The van der Waals surface area contributed by atoms with E-state index in [1.165, 1.54) is 96.3 Å². The Hall–Kier alpha value is -1.93. The van der Waals surface area contributed by atoms with Gasteiger partial charge in [-0.2, -0.15) is 0 Å². The number of aliphatic carboxylic acids is 1. The fraction of sp³-hybridized carbons (Fsp3) is 0.872. The van der Waals surface area contributed by atoms with Gasteiger partial charge >= 0.3 is 11.9 Å². The summed E-state index contributed by atoms with van der Waals surface area (Å²) in [6.45, 7) is 4.56. The molecule has 8 heteroatoms. The van der Waals surface area contributed by atoms with Gasteiger partial charge in [0.05, 0.1) is 40.3 Å². The number of likely N-dealkylation sites (N-methyl/N-ethyl adjacent to an activating group) is 1. The van der Waals surface area contributed by atoms with Crippen molar-refractivity contribution in [1.29, 1.82) is 0 Å². The molecule has 47 heavy (non-hydrogen) atoms. The number of carbonyl (C=O) groups excluding carboxylic acids is 3. The van der Waals surface area contributed by atoms with Crippen molar-refractivity contribution in [3.8, 4) is 0 Å². The number of carbonyl (C=O) groups is 3. The molecule has 2 unspecified atom stereocenters. The normalized spacial score (nSPS) is 13.1. The smallest absolute Gasteiger partial charge is 0.306 e. The molecule has 0 aliphatic carbocycles. The predicted octanol–water partition coefficient (Wildman–Crippen LogP) is 8.24. The molecule has 2 atom stereocenters. The second-order valence-electron chi connectivity index (χ2n) is 14.2. The minimum Gasteiger partial charge on any atom is -0.544 e. The van der Waals surface area contributed by atoms with Crippen LogP contribution in [0.1, 0.15) is 168 Å². The summed E-state index contributed by atoms with van der Waals surface area (Å²) >= 11 is 0. The number of carboxylic acid groups (broad SMARTS) is 1. The first-order chi connectivity index (χ1) is 22.6. The zero-order chi connectivity index (χ0) is 35.0. The summed E-state index contributed by atoms with van der Waals surface area (Å²) < 4.78 is 17.0. The van der Waals surface area contributed by atoms with Crippen LogP contribution in [0.5, 0.6) is 0 Å². The average Bonchev–Trinajstić information content (AvgIpc) is 3.01. The van der Waals surface area contributed by atoms with E-state index in [0.29, 0.717) is 12.8 Å². The van der Waals surface area contributed by atoms with Crippen LogP contribution in [0.3, 0.4) is 0 Å². The van der Waals surface area contributed by atoms with E-state index in [1.807, 2.05) is 6.08 Å². The Morgan fingerprint density at radius 1 is 0.617 bits per heavy atom. The highest BCUT2D eigenvalue weighted by Crippen LogP contribution is 2.15. The lowest BCUT2D eigenvalue weighted by Crippen LogP contribution is -2.55. The van der Waals surface area contributed by atoms with Gasteiger partial charge in [-0.15, -0.1) is 0 Å². The molecule has 8 nitrogen and oxygen atoms in total. The Balaban J connectivity index is 4.29. The van der Waals surface area contributed by atoms with E-state index in [9.17, 15) is 19.5 Å². The van der Waals surface area contributed by atoms with Crippen LogP contribution in [0, 0.1) is 0 Å². The second kappa shape index (κ2) is 31.3. The molecule has 0 aromatic rings. The quantitative estimate of drug-likeness (QED) is 0.0295. The number of carboxylic acids is 1. The fourth-order valence-corrected chi connectivity index (χ4v) is 5.62. The van der Waals surface area contributed by atoms with Crippen molar-refractivity contribution in [2.24, 2.45) is 0 Å². The number of rotatable bonds is 34. The molecule has 0 saturated carbocycles. The first kappa shape index (κ1) is 45.1. The lowest BCUT2D eigenvalue weighted by Gasteiger charge is -2.34. The van der Waals surface area contributed by atoms with Crippen LogP contribution >= 0.6 is 0 Å². The van der Waals surface area contributed by atoms with E-state index in [4.69, 9.17) is 14.2 Å². The van der Waals surface area contributed by atoms with Crippen molar-refractivity contribution in [3.05, 3.63) is 12.2 Å². The van der Waals surface area contributed by atoms with Crippen LogP contribution in [-0.2, 0) is 28.6 Å². The maximum atomic E-state index is 12.5. The third kappa shape index (κ3) is 29.9. The summed E-state index contributed by atoms with van der Waals surface area (Å²) in [7, 11) is 5.38. The first-order valence-corrected chi connectivity index (χ1v) is 19.2. The van der Waals surface area contributed by atoms with Crippen molar-refractivity contribution in [3.63, 3.8) is 0 Å². The van der Waals surface area contributed by atoms with Crippen molar-refractivity contribution in [2.75, 3.05) is 41.0 Å². The van der Waals surface area contributed by atoms with Crippen molar-refractivity contribution in [1.82, 2.24) is 0 Å². The monoisotopic (exact) mass is 668 g/mol. The number of nitrogens with zero attached hydrogens (tertiary/aromatic N) is 1. The molecule has 0 saturated heterocycles. The molecule has 0 heterocycles. The number of esters is 2. The maximum absolute atomic E-state index is 12.5. The summed E-state index contributed by atoms with van der Waals surface area (Å²) in [6, 6.07) is -0.724. The van der Waals surface area contributed by atoms with E-state index < -0.39 is 18.1 Å². The van der Waals surface area contributed by atoms with Crippen LogP contribution in [0.2, 0.25) is 0 Å². The molecular weight excluding hydrogens is 594 g/mol. The van der Waals surface area contributed by atoms with Crippen molar-refractivity contribution >= 4 is 17.9 Å². The van der Waals surface area contributed by atoms with E-state index in [0.717, 1.165) is 32.1 Å². The first-order valence-electron chi connectivity index (χ1n) is 19.2. The summed E-state index contributed by atoms with van der Waals surface area (Å²) in [4.78, 5) is 36.4. The van der Waals surface area contributed by atoms with Crippen molar-refractivity contribution < 1.29 is 38.2 Å². The number of hydrogen-bond acceptors (Lipinski definition) is 7. The summed E-state index contributed by atoms with van der Waals surface area (Å²) in [5.74, 6) is -1.80. The van der Waals surface area contributed by atoms with E-state index in [2.05, 4.69) is 19.9 Å². The van der Waals surface area contributed by atoms with Gasteiger partial charge in [0.2, 0.25) is 0 Å². The highest BCUT2D eigenvalue weighted by molar-refractivity contribution is 5.70. The van der Waals surface area contributed by atoms with Gasteiger partial charge in [-0.05, 0) is 25.7 Å². The molecule has 0 aliphatic heterocycles. The van der Waals surface area contributed by atoms with E-state index in [1.54, 1.807) is 21.1 Å². The number of quaternary nitrogens is 1. The number of ether oxygens (including phenoxy) is 3. The Morgan fingerprint density at radius 2 is 1.11 bits per heavy atom. The van der Waals surface area contributed by atoms with Gasteiger partial charge in [0.25, 0.3) is 0 Å². The van der Waals surface area contributed by atoms with Gasteiger partial charge < -0.3 is 28.6 Å². The summed E-state index contributed by atoms with van der Waals surface area (Å²) in [5.41, 5.74) is 0. The van der Waals surface area contributed by atoms with Crippen LogP contribution in [0.15, 0.2) is 12.2 Å². The molecule has 0 fully saturated rings. The highest BCUT2D eigenvalue weighted by atomic mass is 16.6. The SMILES string of the molecule is CCCCC/C=C/CCC(=O)OC(COCCC(C(=O)[O-])[N+](C)(C)C)COC(=O)CCCCCCCCCCCCCCCCCC. The van der Waals surface area contributed by atoms with Crippen LogP contribution in [0.25, 0.3) is 0 Å². The topological polar surface area (TPSA) is 102 Å². The van der Waals surface area contributed by atoms with Gasteiger partial charge in [0, 0.05) is 19.3 Å². The third-order valence-corrected chi connectivity index (χ3v) is 8.67. The largest absolute Gasteiger partial charge is 0.544 e.